The highest BCUT2D eigenvalue weighted by Crippen LogP contribution is 2.05. The van der Waals surface area contributed by atoms with E-state index in [9.17, 15) is 4.79 Å². The van der Waals surface area contributed by atoms with Crippen LogP contribution >= 0.6 is 0 Å². The Balaban J connectivity index is 4.36. The van der Waals surface area contributed by atoms with Gasteiger partial charge in [-0.05, 0) is 12.3 Å². The first-order chi connectivity index (χ1) is 7.52. The summed E-state index contributed by atoms with van der Waals surface area (Å²) in [5, 5.41) is 8.55. The molecular weight excluding hydrogens is 202 g/mol. The molecular formula is C12H23N3O. The second kappa shape index (κ2) is 8.12. The minimum Gasteiger partial charge on any atom is -0.340 e. The van der Waals surface area contributed by atoms with Gasteiger partial charge in [-0.15, -0.1) is 0 Å². The molecule has 0 saturated heterocycles. The fraction of sp³-hybridized carbons (Fsp3) is 0.833. The Kier molecular flexibility index (Phi) is 7.57. The van der Waals surface area contributed by atoms with E-state index in [1.165, 1.54) is 0 Å². The molecule has 0 aromatic heterocycles. The molecule has 0 fully saturated rings. The van der Waals surface area contributed by atoms with Gasteiger partial charge in [0, 0.05) is 13.1 Å². The standard InChI is InChI=1S/C12H23N3O/c1-4-6-11(14)12(16)15(8-5-7-13)9-10(2)3/h10-11H,4-6,8-9,14H2,1-3H3/t11-/m0/s1. The maximum absolute atomic E-state index is 12.0. The van der Waals surface area contributed by atoms with Crippen LogP contribution in [0.2, 0.25) is 0 Å². The molecule has 0 aromatic rings. The topological polar surface area (TPSA) is 70.1 Å². The first-order valence-electron chi connectivity index (χ1n) is 5.94. The molecule has 0 aliphatic carbocycles. The summed E-state index contributed by atoms with van der Waals surface area (Å²) in [6.45, 7) is 7.29. The van der Waals surface area contributed by atoms with E-state index in [0.717, 1.165) is 6.42 Å². The van der Waals surface area contributed by atoms with E-state index >= 15 is 0 Å². The van der Waals surface area contributed by atoms with Crippen LogP contribution in [0.5, 0.6) is 0 Å². The highest BCUT2D eigenvalue weighted by molar-refractivity contribution is 5.81. The van der Waals surface area contributed by atoms with Crippen molar-refractivity contribution < 1.29 is 4.79 Å². The van der Waals surface area contributed by atoms with Crippen molar-refractivity contribution in [2.45, 2.75) is 46.1 Å². The zero-order valence-electron chi connectivity index (χ0n) is 10.6. The minimum absolute atomic E-state index is 0.0224. The second-order valence-electron chi connectivity index (χ2n) is 4.48. The van der Waals surface area contributed by atoms with Crippen LogP contribution in [0.15, 0.2) is 0 Å². The number of nitrogens with zero attached hydrogens (tertiary/aromatic N) is 2. The Morgan fingerprint density at radius 3 is 2.56 bits per heavy atom. The first-order valence-corrected chi connectivity index (χ1v) is 5.94. The molecule has 1 atom stereocenters. The van der Waals surface area contributed by atoms with Gasteiger partial charge in [-0.3, -0.25) is 4.79 Å². The molecule has 16 heavy (non-hydrogen) atoms. The Morgan fingerprint density at radius 1 is 1.50 bits per heavy atom. The van der Waals surface area contributed by atoms with Crippen molar-refractivity contribution in [1.82, 2.24) is 4.90 Å². The van der Waals surface area contributed by atoms with Crippen LogP contribution in [0.1, 0.15) is 40.0 Å². The molecule has 0 aromatic carbocycles. The molecule has 0 saturated carbocycles. The van der Waals surface area contributed by atoms with Gasteiger partial charge < -0.3 is 10.6 Å². The summed E-state index contributed by atoms with van der Waals surface area (Å²) in [7, 11) is 0. The zero-order valence-corrected chi connectivity index (χ0v) is 10.6. The summed E-state index contributed by atoms with van der Waals surface area (Å²) in [5.41, 5.74) is 5.80. The number of hydrogen-bond acceptors (Lipinski definition) is 3. The van der Waals surface area contributed by atoms with E-state index < -0.39 is 6.04 Å². The van der Waals surface area contributed by atoms with Gasteiger partial charge in [-0.1, -0.05) is 27.2 Å². The van der Waals surface area contributed by atoms with Crippen molar-refractivity contribution in [1.29, 1.82) is 5.26 Å². The fourth-order valence-electron chi connectivity index (χ4n) is 1.59. The lowest BCUT2D eigenvalue weighted by molar-refractivity contribution is -0.133. The lowest BCUT2D eigenvalue weighted by Gasteiger charge is -2.26. The van der Waals surface area contributed by atoms with Crippen molar-refractivity contribution in [2.24, 2.45) is 11.7 Å². The van der Waals surface area contributed by atoms with Crippen molar-refractivity contribution in [3.05, 3.63) is 0 Å². The van der Waals surface area contributed by atoms with Crippen LogP contribution in [0.3, 0.4) is 0 Å². The largest absolute Gasteiger partial charge is 0.340 e. The normalized spacial score (nSPS) is 12.2. The quantitative estimate of drug-likeness (QED) is 0.714. The summed E-state index contributed by atoms with van der Waals surface area (Å²) in [4.78, 5) is 13.7. The van der Waals surface area contributed by atoms with Crippen molar-refractivity contribution in [2.75, 3.05) is 13.1 Å². The maximum atomic E-state index is 12.0. The molecule has 0 heterocycles. The van der Waals surface area contributed by atoms with Gasteiger partial charge in [0.2, 0.25) is 5.91 Å². The number of nitriles is 1. The van der Waals surface area contributed by atoms with Crippen molar-refractivity contribution in [3.8, 4) is 6.07 Å². The smallest absolute Gasteiger partial charge is 0.239 e. The predicted molar refractivity (Wildman–Crippen MR) is 64.5 cm³/mol. The van der Waals surface area contributed by atoms with Crippen LogP contribution < -0.4 is 5.73 Å². The molecule has 0 aliphatic rings. The average molecular weight is 225 g/mol. The van der Waals surface area contributed by atoms with Gasteiger partial charge in [-0.2, -0.15) is 5.26 Å². The number of amides is 1. The van der Waals surface area contributed by atoms with Gasteiger partial charge in [0.1, 0.15) is 0 Å². The van der Waals surface area contributed by atoms with Crippen LogP contribution in [0.25, 0.3) is 0 Å². The third-order valence-corrected chi connectivity index (χ3v) is 2.31. The van der Waals surface area contributed by atoms with Gasteiger partial charge >= 0.3 is 0 Å². The van der Waals surface area contributed by atoms with Crippen molar-refractivity contribution in [3.63, 3.8) is 0 Å². The molecule has 0 bridgehead atoms. The molecule has 92 valence electrons. The molecule has 0 radical (unpaired) electrons. The number of rotatable bonds is 7. The van der Waals surface area contributed by atoms with E-state index in [-0.39, 0.29) is 5.91 Å². The Morgan fingerprint density at radius 2 is 2.12 bits per heavy atom. The van der Waals surface area contributed by atoms with Gasteiger partial charge in [-0.25, -0.2) is 0 Å². The molecule has 0 spiro atoms. The van der Waals surface area contributed by atoms with E-state index in [1.807, 2.05) is 6.92 Å². The van der Waals surface area contributed by atoms with E-state index in [1.54, 1.807) is 4.90 Å². The lowest BCUT2D eigenvalue weighted by Crippen LogP contribution is -2.45. The monoisotopic (exact) mass is 225 g/mol. The van der Waals surface area contributed by atoms with Gasteiger partial charge in [0.15, 0.2) is 0 Å². The molecule has 0 rings (SSSR count). The molecule has 0 unspecified atom stereocenters. The van der Waals surface area contributed by atoms with Crippen LogP contribution in [0.4, 0.5) is 0 Å². The Hall–Kier alpha value is -1.08. The highest BCUT2D eigenvalue weighted by atomic mass is 16.2. The minimum atomic E-state index is -0.414. The first kappa shape index (κ1) is 14.9. The average Bonchev–Trinajstić information content (AvgIpc) is 2.23. The summed E-state index contributed by atoms with van der Waals surface area (Å²) < 4.78 is 0. The second-order valence-corrected chi connectivity index (χ2v) is 4.48. The summed E-state index contributed by atoms with van der Waals surface area (Å²) >= 11 is 0. The number of carbonyl (C=O) groups excluding carboxylic acids is 1. The SMILES string of the molecule is CCC[C@H](N)C(=O)N(CCC#N)CC(C)C. The summed E-state index contributed by atoms with van der Waals surface area (Å²) in [6.07, 6.45) is 1.98. The molecule has 4 nitrogen and oxygen atoms in total. The Bertz CT molecular complexity index is 245. The highest BCUT2D eigenvalue weighted by Gasteiger charge is 2.20. The van der Waals surface area contributed by atoms with Crippen LogP contribution in [-0.4, -0.2) is 29.9 Å². The Labute approximate surface area is 98.4 Å². The van der Waals surface area contributed by atoms with E-state index in [4.69, 9.17) is 11.0 Å². The third kappa shape index (κ3) is 5.72. The maximum Gasteiger partial charge on any atom is 0.239 e. The zero-order chi connectivity index (χ0) is 12.6. The molecule has 2 N–H and O–H groups in total. The molecule has 4 heteroatoms. The molecule has 1 amide bonds. The van der Waals surface area contributed by atoms with Crippen LogP contribution in [-0.2, 0) is 4.79 Å². The summed E-state index contributed by atoms with van der Waals surface area (Å²) in [5.74, 6) is 0.377. The van der Waals surface area contributed by atoms with Crippen molar-refractivity contribution >= 4 is 5.91 Å². The number of carbonyl (C=O) groups is 1. The van der Waals surface area contributed by atoms with Crippen LogP contribution in [0, 0.1) is 17.2 Å². The fourth-order valence-corrected chi connectivity index (χ4v) is 1.59. The van der Waals surface area contributed by atoms with E-state index in [0.29, 0.717) is 31.8 Å². The van der Waals surface area contributed by atoms with E-state index in [2.05, 4.69) is 19.9 Å². The molecule has 0 aliphatic heterocycles. The number of hydrogen-bond donors (Lipinski definition) is 1. The van der Waals surface area contributed by atoms with Gasteiger partial charge in [0.25, 0.3) is 0 Å². The number of nitrogens with two attached hydrogens (primary N) is 1. The summed E-state index contributed by atoms with van der Waals surface area (Å²) in [6, 6.07) is 1.65. The third-order valence-electron chi connectivity index (χ3n) is 2.31. The lowest BCUT2D eigenvalue weighted by atomic mass is 10.1. The predicted octanol–water partition coefficient (Wildman–Crippen LogP) is 1.51. The van der Waals surface area contributed by atoms with Gasteiger partial charge in [0.05, 0.1) is 18.5 Å².